The van der Waals surface area contributed by atoms with Crippen LogP contribution in [-0.4, -0.2) is 49.2 Å². The Bertz CT molecular complexity index is 861. The van der Waals surface area contributed by atoms with Gasteiger partial charge in [-0.2, -0.15) is 0 Å². The molecule has 1 aliphatic heterocycles. The van der Waals surface area contributed by atoms with E-state index in [0.717, 1.165) is 24.6 Å². The van der Waals surface area contributed by atoms with Crippen LogP contribution in [0.3, 0.4) is 0 Å². The maximum absolute atomic E-state index is 13.2. The molecule has 0 radical (unpaired) electrons. The fourth-order valence-corrected chi connectivity index (χ4v) is 3.31. The number of nitrogens with one attached hydrogen (secondary N) is 1. The predicted molar refractivity (Wildman–Crippen MR) is 119 cm³/mol. The van der Waals surface area contributed by atoms with Crippen LogP contribution >= 0.6 is 0 Å². The van der Waals surface area contributed by atoms with Crippen LogP contribution in [0.4, 0.5) is 4.39 Å². The number of carbonyl (C=O) groups excluding carboxylic acids is 1. The minimum atomic E-state index is -0.509. The third kappa shape index (κ3) is 6.77. The Morgan fingerprint density at radius 1 is 1.47 bits per heavy atom. The maximum Gasteiger partial charge on any atom is 0.254 e. The highest BCUT2D eigenvalue weighted by molar-refractivity contribution is 6.10. The molecule has 0 aliphatic carbocycles. The first-order valence-electron chi connectivity index (χ1n) is 9.91. The number of nitrogens with two attached hydrogens (primary N) is 1. The van der Waals surface area contributed by atoms with E-state index >= 15 is 0 Å². The lowest BCUT2D eigenvalue weighted by Gasteiger charge is -2.33. The molecule has 160 valence electrons. The predicted octanol–water partition coefficient (Wildman–Crippen LogP) is 3.77. The lowest BCUT2D eigenvalue weighted by atomic mass is 9.96. The number of aryl methyl sites for hydroxylation is 1. The van der Waals surface area contributed by atoms with Crippen molar-refractivity contribution in [1.29, 1.82) is 5.41 Å². The van der Waals surface area contributed by atoms with Gasteiger partial charge in [-0.1, -0.05) is 36.4 Å². The van der Waals surface area contributed by atoms with E-state index in [1.165, 1.54) is 18.4 Å². The molecular weight excluding hydrogens is 383 g/mol. The molecule has 2 rings (SSSR count). The van der Waals surface area contributed by atoms with Crippen molar-refractivity contribution in [2.75, 3.05) is 26.3 Å². The molecule has 0 bridgehead atoms. The molecule has 30 heavy (non-hydrogen) atoms. The molecule has 1 fully saturated rings. The first kappa shape index (κ1) is 23.2. The SMILES string of the molecule is C=CC=NC(=N)c1ccc(C)cc1C(=O)N1CCC[C@@H](COC/C=C\C(F)=C/N)C1. The molecule has 1 atom stereocenters. The average molecular weight is 413 g/mol. The second kappa shape index (κ2) is 11.8. The Labute approximate surface area is 177 Å². The molecular formula is C23H29FN4O2. The van der Waals surface area contributed by atoms with Gasteiger partial charge in [0.25, 0.3) is 5.91 Å². The molecule has 1 amide bonds. The number of halogens is 1. The minimum Gasteiger partial charge on any atom is -0.402 e. The van der Waals surface area contributed by atoms with E-state index in [0.29, 0.717) is 30.8 Å². The van der Waals surface area contributed by atoms with E-state index in [2.05, 4.69) is 11.6 Å². The standard InChI is InChI=1S/C23H29FN4O2/c1-3-10-27-22(26)20-9-8-17(2)13-21(20)23(29)28-11-4-6-18(15-28)16-30-12-5-7-19(24)14-25/h3,5,7-10,13-14,18,26H,1,4,6,11-12,15-16,25H2,2H3/b7-5-,19-14+,26-22?,27-10?/t18-/m1/s1. The van der Waals surface area contributed by atoms with Gasteiger partial charge in [0.05, 0.1) is 18.8 Å². The van der Waals surface area contributed by atoms with Crippen LogP contribution in [0.25, 0.3) is 0 Å². The normalized spacial score (nSPS) is 17.6. The summed E-state index contributed by atoms with van der Waals surface area (Å²) in [6.45, 7) is 7.50. The summed E-state index contributed by atoms with van der Waals surface area (Å²) in [4.78, 5) is 19.1. The number of benzene rings is 1. The van der Waals surface area contributed by atoms with Crippen molar-refractivity contribution < 1.29 is 13.9 Å². The maximum atomic E-state index is 13.2. The van der Waals surface area contributed by atoms with Gasteiger partial charge in [0.2, 0.25) is 0 Å². The van der Waals surface area contributed by atoms with Crippen LogP contribution in [-0.2, 0) is 4.74 Å². The number of nitrogens with zero attached hydrogens (tertiary/aromatic N) is 2. The van der Waals surface area contributed by atoms with Gasteiger partial charge in [0.1, 0.15) is 5.83 Å². The molecule has 0 unspecified atom stereocenters. The van der Waals surface area contributed by atoms with Crippen LogP contribution in [0.15, 0.2) is 60.0 Å². The largest absolute Gasteiger partial charge is 0.402 e. The van der Waals surface area contributed by atoms with Crippen molar-refractivity contribution in [3.63, 3.8) is 0 Å². The summed E-state index contributed by atoms with van der Waals surface area (Å²) in [6.07, 6.45) is 8.50. The number of hydrogen-bond donors (Lipinski definition) is 2. The van der Waals surface area contributed by atoms with Crippen molar-refractivity contribution in [1.82, 2.24) is 4.90 Å². The fourth-order valence-electron chi connectivity index (χ4n) is 3.31. The molecule has 1 aromatic carbocycles. The topological polar surface area (TPSA) is 91.8 Å². The highest BCUT2D eigenvalue weighted by Gasteiger charge is 2.26. The number of rotatable bonds is 8. The van der Waals surface area contributed by atoms with Crippen LogP contribution in [0, 0.1) is 18.3 Å². The Kier molecular flexibility index (Phi) is 9.15. The molecule has 1 heterocycles. The molecule has 0 aromatic heterocycles. The zero-order valence-corrected chi connectivity index (χ0v) is 17.3. The monoisotopic (exact) mass is 412 g/mol. The van der Waals surface area contributed by atoms with E-state index in [1.807, 2.05) is 17.9 Å². The Balaban J connectivity index is 2.03. The Morgan fingerprint density at radius 2 is 2.27 bits per heavy atom. The number of amidine groups is 1. The molecule has 1 saturated heterocycles. The van der Waals surface area contributed by atoms with E-state index < -0.39 is 5.83 Å². The summed E-state index contributed by atoms with van der Waals surface area (Å²) < 4.78 is 18.5. The van der Waals surface area contributed by atoms with Crippen molar-refractivity contribution in [3.05, 3.63) is 71.7 Å². The smallest absolute Gasteiger partial charge is 0.254 e. The van der Waals surface area contributed by atoms with E-state index in [4.69, 9.17) is 15.9 Å². The summed E-state index contributed by atoms with van der Waals surface area (Å²) in [7, 11) is 0. The fraction of sp³-hybridized carbons (Fsp3) is 0.348. The lowest BCUT2D eigenvalue weighted by Crippen LogP contribution is -2.41. The van der Waals surface area contributed by atoms with Crippen molar-refractivity contribution in [3.8, 4) is 0 Å². The molecule has 3 N–H and O–H groups in total. The molecule has 1 aromatic rings. The number of ether oxygens (including phenoxy) is 1. The van der Waals surface area contributed by atoms with Crippen LogP contribution in [0.1, 0.15) is 34.3 Å². The highest BCUT2D eigenvalue weighted by atomic mass is 19.1. The first-order valence-corrected chi connectivity index (χ1v) is 9.91. The van der Waals surface area contributed by atoms with Crippen molar-refractivity contribution >= 4 is 18.0 Å². The summed E-state index contributed by atoms with van der Waals surface area (Å²) >= 11 is 0. The van der Waals surface area contributed by atoms with Crippen LogP contribution in [0.2, 0.25) is 0 Å². The third-order valence-corrected chi connectivity index (χ3v) is 4.78. The number of hydrogen-bond acceptors (Lipinski definition) is 4. The Morgan fingerprint density at radius 3 is 3.00 bits per heavy atom. The second-order valence-electron chi connectivity index (χ2n) is 7.16. The van der Waals surface area contributed by atoms with Gasteiger partial charge in [-0.15, -0.1) is 0 Å². The summed E-state index contributed by atoms with van der Waals surface area (Å²) in [5.74, 6) is -0.379. The number of carbonyl (C=O) groups is 1. The highest BCUT2D eigenvalue weighted by Crippen LogP contribution is 2.22. The third-order valence-electron chi connectivity index (χ3n) is 4.78. The number of allylic oxidation sites excluding steroid dienone is 3. The van der Waals surface area contributed by atoms with Crippen LogP contribution in [0.5, 0.6) is 0 Å². The van der Waals surface area contributed by atoms with E-state index in [1.54, 1.807) is 18.2 Å². The van der Waals surface area contributed by atoms with Gasteiger partial charge in [-0.3, -0.25) is 10.2 Å². The molecule has 1 aliphatic rings. The quantitative estimate of drug-likeness (QED) is 0.295. The van der Waals surface area contributed by atoms with Gasteiger partial charge in [-0.05, 0) is 37.8 Å². The molecule has 7 heteroatoms. The number of aliphatic imine (C=N–C) groups is 1. The van der Waals surface area contributed by atoms with Gasteiger partial charge >= 0.3 is 0 Å². The van der Waals surface area contributed by atoms with E-state index in [-0.39, 0.29) is 24.3 Å². The molecule has 0 spiro atoms. The number of amides is 1. The van der Waals surface area contributed by atoms with Gasteiger partial charge in [0, 0.05) is 31.1 Å². The van der Waals surface area contributed by atoms with Crippen LogP contribution < -0.4 is 5.73 Å². The second-order valence-corrected chi connectivity index (χ2v) is 7.16. The minimum absolute atomic E-state index is 0.0284. The van der Waals surface area contributed by atoms with Gasteiger partial charge in [-0.25, -0.2) is 9.38 Å². The number of likely N-dealkylation sites (tertiary alicyclic amines) is 1. The van der Waals surface area contributed by atoms with Crippen molar-refractivity contribution in [2.45, 2.75) is 19.8 Å². The van der Waals surface area contributed by atoms with Gasteiger partial charge < -0.3 is 15.4 Å². The lowest BCUT2D eigenvalue weighted by molar-refractivity contribution is 0.0526. The summed E-state index contributed by atoms with van der Waals surface area (Å²) in [5, 5.41) is 8.18. The average Bonchev–Trinajstić information content (AvgIpc) is 2.76. The van der Waals surface area contributed by atoms with Gasteiger partial charge in [0.15, 0.2) is 5.84 Å². The Hall–Kier alpha value is -3.06. The first-order chi connectivity index (χ1) is 14.5. The van der Waals surface area contributed by atoms with Crippen molar-refractivity contribution in [2.24, 2.45) is 16.6 Å². The summed E-state index contributed by atoms with van der Waals surface area (Å²) in [6, 6.07) is 5.43. The number of piperidine rings is 1. The zero-order valence-electron chi connectivity index (χ0n) is 17.3. The molecule has 6 nitrogen and oxygen atoms in total. The molecule has 0 saturated carbocycles. The summed E-state index contributed by atoms with van der Waals surface area (Å²) in [5.41, 5.74) is 7.00. The van der Waals surface area contributed by atoms with E-state index in [9.17, 15) is 9.18 Å². The zero-order chi connectivity index (χ0) is 21.9.